The molecule has 0 amide bonds. The Hall–Kier alpha value is -1.63. The summed E-state index contributed by atoms with van der Waals surface area (Å²) in [4.78, 5) is 32.2. The Morgan fingerprint density at radius 3 is 1.59 bits per heavy atom. The van der Waals surface area contributed by atoms with Crippen LogP contribution in [-0.2, 0) is 14.4 Å². The van der Waals surface area contributed by atoms with Crippen LogP contribution >= 0.6 is 0 Å². The van der Waals surface area contributed by atoms with Gasteiger partial charge in [-0.05, 0) is 24.7 Å². The normalized spacial score (nSPS) is 26.6. The SMILES string of the molecule is NC1(C(=O)O)C[C@@H](CC(=O)O)[C@H](CC(=O)O)C1. The average Bonchev–Trinajstić information content (AvgIpc) is 2.42. The number of hydrogen-bond donors (Lipinski definition) is 4. The van der Waals surface area contributed by atoms with Crippen molar-refractivity contribution in [1.82, 2.24) is 0 Å². The van der Waals surface area contributed by atoms with Gasteiger partial charge < -0.3 is 21.1 Å². The number of carboxylic acid groups (broad SMARTS) is 3. The highest BCUT2D eigenvalue weighted by atomic mass is 16.4. The molecule has 0 bridgehead atoms. The third-order valence-electron chi connectivity index (χ3n) is 3.22. The van der Waals surface area contributed by atoms with Crippen molar-refractivity contribution in [3.63, 3.8) is 0 Å². The molecule has 1 fully saturated rings. The molecule has 0 saturated heterocycles. The van der Waals surface area contributed by atoms with Crippen LogP contribution in [0, 0.1) is 11.8 Å². The van der Waals surface area contributed by atoms with Crippen LogP contribution in [0.4, 0.5) is 0 Å². The molecular weight excluding hydrogens is 230 g/mol. The van der Waals surface area contributed by atoms with Crippen molar-refractivity contribution in [2.45, 2.75) is 31.2 Å². The van der Waals surface area contributed by atoms with Crippen LogP contribution < -0.4 is 5.73 Å². The number of rotatable bonds is 5. The maximum Gasteiger partial charge on any atom is 0.323 e. The van der Waals surface area contributed by atoms with E-state index in [1.807, 2.05) is 0 Å². The van der Waals surface area contributed by atoms with Crippen molar-refractivity contribution >= 4 is 17.9 Å². The fourth-order valence-electron chi connectivity index (χ4n) is 2.45. The molecule has 5 N–H and O–H groups in total. The summed E-state index contributed by atoms with van der Waals surface area (Å²) >= 11 is 0. The third-order valence-corrected chi connectivity index (χ3v) is 3.22. The Kier molecular flexibility index (Phi) is 3.72. The summed E-state index contributed by atoms with van der Waals surface area (Å²) in [5, 5.41) is 26.4. The molecule has 0 aromatic heterocycles. The van der Waals surface area contributed by atoms with Gasteiger partial charge in [-0.1, -0.05) is 0 Å². The van der Waals surface area contributed by atoms with Crippen molar-refractivity contribution in [2.75, 3.05) is 0 Å². The van der Waals surface area contributed by atoms with Crippen LogP contribution in [0.3, 0.4) is 0 Å². The predicted octanol–water partition coefficient (Wildman–Crippen LogP) is -0.256. The van der Waals surface area contributed by atoms with Gasteiger partial charge in [-0.25, -0.2) is 0 Å². The zero-order valence-corrected chi connectivity index (χ0v) is 9.13. The number of nitrogens with two attached hydrogens (primary N) is 1. The molecule has 0 aromatic rings. The lowest BCUT2D eigenvalue weighted by Crippen LogP contribution is -2.45. The maximum atomic E-state index is 11.0. The second-order valence-corrected chi connectivity index (χ2v) is 4.59. The van der Waals surface area contributed by atoms with Crippen LogP contribution in [0.1, 0.15) is 25.7 Å². The van der Waals surface area contributed by atoms with Gasteiger partial charge in [0.2, 0.25) is 0 Å². The van der Waals surface area contributed by atoms with Crippen LogP contribution in [0.5, 0.6) is 0 Å². The molecule has 0 radical (unpaired) electrons. The smallest absolute Gasteiger partial charge is 0.323 e. The molecule has 0 aliphatic heterocycles. The fourth-order valence-corrected chi connectivity index (χ4v) is 2.45. The van der Waals surface area contributed by atoms with E-state index in [1.165, 1.54) is 0 Å². The van der Waals surface area contributed by atoms with Crippen LogP contribution in [0.15, 0.2) is 0 Å². The summed E-state index contributed by atoms with van der Waals surface area (Å²) in [5.41, 5.74) is 4.15. The molecule has 7 nitrogen and oxygen atoms in total. The van der Waals surface area contributed by atoms with E-state index in [1.54, 1.807) is 0 Å². The van der Waals surface area contributed by atoms with Crippen molar-refractivity contribution in [3.8, 4) is 0 Å². The molecule has 0 aromatic carbocycles. The first-order valence-corrected chi connectivity index (χ1v) is 5.20. The molecular formula is C10H15NO6. The molecule has 1 saturated carbocycles. The highest BCUT2D eigenvalue weighted by molar-refractivity contribution is 5.79. The van der Waals surface area contributed by atoms with Crippen molar-refractivity contribution in [3.05, 3.63) is 0 Å². The monoisotopic (exact) mass is 245 g/mol. The lowest BCUT2D eigenvalue weighted by molar-refractivity contribution is -0.144. The van der Waals surface area contributed by atoms with Gasteiger partial charge in [0.25, 0.3) is 0 Å². The van der Waals surface area contributed by atoms with Gasteiger partial charge in [0.1, 0.15) is 5.54 Å². The minimum atomic E-state index is -1.50. The van der Waals surface area contributed by atoms with E-state index < -0.39 is 35.3 Å². The molecule has 1 aliphatic rings. The van der Waals surface area contributed by atoms with E-state index in [9.17, 15) is 14.4 Å². The molecule has 1 rings (SSSR count). The standard InChI is InChI=1S/C10H15NO6/c11-10(9(16)17)3-5(1-7(12)13)6(4-10)2-8(14)15/h5-6H,1-4,11H2,(H,12,13)(H,14,15)(H,16,17)/t5-,6-/m1/s1. The number of carboxylic acids is 3. The maximum absolute atomic E-state index is 11.0. The first kappa shape index (κ1) is 13.4. The second-order valence-electron chi connectivity index (χ2n) is 4.59. The lowest BCUT2D eigenvalue weighted by atomic mass is 9.90. The van der Waals surface area contributed by atoms with Gasteiger partial charge >= 0.3 is 17.9 Å². The van der Waals surface area contributed by atoms with Crippen LogP contribution in [0.25, 0.3) is 0 Å². The average molecular weight is 245 g/mol. The zero-order valence-electron chi connectivity index (χ0n) is 9.13. The fraction of sp³-hybridized carbons (Fsp3) is 0.700. The van der Waals surface area contributed by atoms with Gasteiger partial charge in [0.15, 0.2) is 0 Å². The van der Waals surface area contributed by atoms with Gasteiger partial charge in [0, 0.05) is 12.8 Å². The first-order chi connectivity index (χ1) is 7.74. The molecule has 7 heteroatoms. The minimum absolute atomic E-state index is 0.00653. The molecule has 1 aliphatic carbocycles. The van der Waals surface area contributed by atoms with Gasteiger partial charge in [-0.2, -0.15) is 0 Å². The van der Waals surface area contributed by atoms with Gasteiger partial charge in [-0.15, -0.1) is 0 Å². The zero-order chi connectivity index (χ0) is 13.2. The third kappa shape index (κ3) is 3.16. The molecule has 0 heterocycles. The summed E-state index contributed by atoms with van der Waals surface area (Å²) in [6, 6.07) is 0. The lowest BCUT2D eigenvalue weighted by Gasteiger charge is -2.17. The minimum Gasteiger partial charge on any atom is -0.481 e. The largest absolute Gasteiger partial charge is 0.481 e. The van der Waals surface area contributed by atoms with E-state index in [4.69, 9.17) is 21.1 Å². The Bertz CT molecular complexity index is 329. The Morgan fingerprint density at radius 1 is 1.00 bits per heavy atom. The number of hydrogen-bond acceptors (Lipinski definition) is 4. The summed E-state index contributed by atoms with van der Waals surface area (Å²) in [6.45, 7) is 0. The molecule has 96 valence electrons. The Balaban J connectivity index is 2.82. The highest BCUT2D eigenvalue weighted by Gasteiger charge is 2.48. The van der Waals surface area contributed by atoms with E-state index in [-0.39, 0.29) is 25.7 Å². The topological polar surface area (TPSA) is 138 Å². The van der Waals surface area contributed by atoms with Gasteiger partial charge in [-0.3, -0.25) is 14.4 Å². The number of carbonyl (C=O) groups is 3. The predicted molar refractivity (Wildman–Crippen MR) is 55.3 cm³/mol. The molecule has 17 heavy (non-hydrogen) atoms. The van der Waals surface area contributed by atoms with Crippen molar-refractivity contribution < 1.29 is 29.7 Å². The Morgan fingerprint density at radius 2 is 1.35 bits per heavy atom. The van der Waals surface area contributed by atoms with Gasteiger partial charge in [0.05, 0.1) is 0 Å². The van der Waals surface area contributed by atoms with Crippen LogP contribution in [-0.4, -0.2) is 38.8 Å². The van der Waals surface area contributed by atoms with Crippen LogP contribution in [0.2, 0.25) is 0 Å². The van der Waals surface area contributed by atoms with Crippen molar-refractivity contribution in [2.24, 2.45) is 17.6 Å². The van der Waals surface area contributed by atoms with E-state index >= 15 is 0 Å². The van der Waals surface area contributed by atoms with E-state index in [0.29, 0.717) is 0 Å². The quantitative estimate of drug-likeness (QED) is 0.523. The summed E-state index contributed by atoms with van der Waals surface area (Å²) in [5.74, 6) is -4.34. The van der Waals surface area contributed by atoms with E-state index in [2.05, 4.69) is 0 Å². The summed E-state index contributed by atoms with van der Waals surface area (Å²) in [7, 11) is 0. The second kappa shape index (κ2) is 4.70. The molecule has 0 spiro atoms. The summed E-state index contributed by atoms with van der Waals surface area (Å²) < 4.78 is 0. The first-order valence-electron chi connectivity index (χ1n) is 5.20. The summed E-state index contributed by atoms with van der Waals surface area (Å²) in [6.07, 6.45) is -0.479. The number of aliphatic carboxylic acids is 3. The van der Waals surface area contributed by atoms with E-state index in [0.717, 1.165) is 0 Å². The molecule has 2 atom stereocenters. The Labute approximate surface area is 97.2 Å². The highest BCUT2D eigenvalue weighted by Crippen LogP contribution is 2.41. The molecule has 0 unspecified atom stereocenters. The van der Waals surface area contributed by atoms with Crippen molar-refractivity contribution in [1.29, 1.82) is 0 Å².